The SMILES string of the molecule is CCNCCC(=O)Nc1ccc(C#N)cc1Cl. The third kappa shape index (κ3) is 4.43. The number of nitrogens with one attached hydrogen (secondary N) is 2. The van der Waals surface area contributed by atoms with E-state index in [1.165, 1.54) is 6.07 Å². The van der Waals surface area contributed by atoms with Crippen LogP contribution in [0.1, 0.15) is 18.9 Å². The molecular formula is C12H14ClN3O. The van der Waals surface area contributed by atoms with Gasteiger partial charge in [0.2, 0.25) is 5.91 Å². The molecule has 1 aromatic carbocycles. The Labute approximate surface area is 106 Å². The van der Waals surface area contributed by atoms with Crippen molar-refractivity contribution in [2.45, 2.75) is 13.3 Å². The van der Waals surface area contributed by atoms with Crippen molar-refractivity contribution in [1.29, 1.82) is 5.26 Å². The fourth-order valence-electron chi connectivity index (χ4n) is 1.28. The maximum absolute atomic E-state index is 11.5. The van der Waals surface area contributed by atoms with Crippen LogP contribution < -0.4 is 10.6 Å². The molecule has 0 heterocycles. The Hall–Kier alpha value is -1.57. The van der Waals surface area contributed by atoms with E-state index in [-0.39, 0.29) is 5.91 Å². The van der Waals surface area contributed by atoms with Crippen LogP contribution in [0.4, 0.5) is 5.69 Å². The number of hydrogen-bond acceptors (Lipinski definition) is 3. The van der Waals surface area contributed by atoms with Crippen molar-refractivity contribution >= 4 is 23.2 Å². The van der Waals surface area contributed by atoms with Crippen LogP contribution in [0.5, 0.6) is 0 Å². The lowest BCUT2D eigenvalue weighted by molar-refractivity contribution is -0.116. The van der Waals surface area contributed by atoms with Crippen LogP contribution in [0.15, 0.2) is 18.2 Å². The highest BCUT2D eigenvalue weighted by Crippen LogP contribution is 2.22. The topological polar surface area (TPSA) is 64.9 Å². The monoisotopic (exact) mass is 251 g/mol. The van der Waals surface area contributed by atoms with Crippen molar-refractivity contribution in [3.8, 4) is 6.07 Å². The number of nitrogens with zero attached hydrogens (tertiary/aromatic N) is 1. The van der Waals surface area contributed by atoms with E-state index >= 15 is 0 Å². The second kappa shape index (κ2) is 6.89. The summed E-state index contributed by atoms with van der Waals surface area (Å²) >= 11 is 5.93. The summed E-state index contributed by atoms with van der Waals surface area (Å²) in [5.41, 5.74) is 1.01. The minimum Gasteiger partial charge on any atom is -0.325 e. The molecule has 90 valence electrons. The van der Waals surface area contributed by atoms with E-state index in [4.69, 9.17) is 16.9 Å². The van der Waals surface area contributed by atoms with Crippen LogP contribution in [-0.2, 0) is 4.79 Å². The molecule has 0 radical (unpaired) electrons. The zero-order valence-electron chi connectivity index (χ0n) is 9.59. The van der Waals surface area contributed by atoms with Crippen molar-refractivity contribution in [3.63, 3.8) is 0 Å². The molecular weight excluding hydrogens is 238 g/mol. The zero-order chi connectivity index (χ0) is 12.7. The largest absolute Gasteiger partial charge is 0.325 e. The van der Waals surface area contributed by atoms with Gasteiger partial charge in [-0.1, -0.05) is 18.5 Å². The average molecular weight is 252 g/mol. The second-order valence-corrected chi connectivity index (χ2v) is 3.87. The van der Waals surface area contributed by atoms with Gasteiger partial charge >= 0.3 is 0 Å². The van der Waals surface area contributed by atoms with Gasteiger partial charge in [-0.15, -0.1) is 0 Å². The van der Waals surface area contributed by atoms with E-state index in [1.54, 1.807) is 12.1 Å². The second-order valence-electron chi connectivity index (χ2n) is 3.46. The maximum Gasteiger partial charge on any atom is 0.225 e. The van der Waals surface area contributed by atoms with E-state index < -0.39 is 0 Å². The lowest BCUT2D eigenvalue weighted by atomic mass is 10.2. The lowest BCUT2D eigenvalue weighted by Crippen LogP contribution is -2.21. The first-order valence-corrected chi connectivity index (χ1v) is 5.75. The highest BCUT2D eigenvalue weighted by atomic mass is 35.5. The van der Waals surface area contributed by atoms with Gasteiger partial charge in [0, 0.05) is 13.0 Å². The first-order chi connectivity index (χ1) is 8.17. The molecule has 0 unspecified atom stereocenters. The number of amides is 1. The van der Waals surface area contributed by atoms with E-state index in [1.807, 2.05) is 13.0 Å². The van der Waals surface area contributed by atoms with Crippen LogP contribution in [0.3, 0.4) is 0 Å². The van der Waals surface area contributed by atoms with Crippen molar-refractivity contribution in [2.75, 3.05) is 18.4 Å². The fraction of sp³-hybridized carbons (Fsp3) is 0.333. The molecule has 0 fully saturated rings. The number of benzene rings is 1. The summed E-state index contributed by atoms with van der Waals surface area (Å²) in [4.78, 5) is 11.5. The van der Waals surface area contributed by atoms with Crippen molar-refractivity contribution in [1.82, 2.24) is 5.32 Å². The number of halogens is 1. The van der Waals surface area contributed by atoms with Crippen LogP contribution in [0, 0.1) is 11.3 Å². The molecule has 0 saturated carbocycles. The zero-order valence-corrected chi connectivity index (χ0v) is 10.3. The lowest BCUT2D eigenvalue weighted by Gasteiger charge is -2.07. The smallest absolute Gasteiger partial charge is 0.225 e. The molecule has 0 bridgehead atoms. The minimum absolute atomic E-state index is 0.0995. The van der Waals surface area contributed by atoms with Gasteiger partial charge < -0.3 is 10.6 Å². The van der Waals surface area contributed by atoms with Gasteiger partial charge in [0.15, 0.2) is 0 Å². The predicted octanol–water partition coefficient (Wildman–Crippen LogP) is 2.15. The molecule has 2 N–H and O–H groups in total. The Morgan fingerprint density at radius 3 is 2.88 bits per heavy atom. The summed E-state index contributed by atoms with van der Waals surface area (Å²) in [5.74, 6) is -0.0995. The summed E-state index contributed by atoms with van der Waals surface area (Å²) in [5, 5.41) is 14.8. The Morgan fingerprint density at radius 2 is 2.29 bits per heavy atom. The number of nitriles is 1. The van der Waals surface area contributed by atoms with Crippen molar-refractivity contribution in [3.05, 3.63) is 28.8 Å². The van der Waals surface area contributed by atoms with Crippen LogP contribution in [0.2, 0.25) is 5.02 Å². The Morgan fingerprint density at radius 1 is 1.53 bits per heavy atom. The van der Waals surface area contributed by atoms with E-state index in [0.717, 1.165) is 6.54 Å². The highest BCUT2D eigenvalue weighted by Gasteiger charge is 2.06. The molecule has 5 heteroatoms. The molecule has 17 heavy (non-hydrogen) atoms. The number of carbonyl (C=O) groups is 1. The van der Waals surface area contributed by atoms with Crippen LogP contribution in [-0.4, -0.2) is 19.0 Å². The summed E-state index contributed by atoms with van der Waals surface area (Å²) in [6, 6.07) is 6.76. The van der Waals surface area contributed by atoms with Crippen molar-refractivity contribution < 1.29 is 4.79 Å². The average Bonchev–Trinajstić information content (AvgIpc) is 2.32. The Balaban J connectivity index is 2.57. The minimum atomic E-state index is -0.0995. The van der Waals surface area contributed by atoms with Gasteiger partial charge in [-0.2, -0.15) is 5.26 Å². The van der Waals surface area contributed by atoms with Crippen molar-refractivity contribution in [2.24, 2.45) is 0 Å². The molecule has 0 aromatic heterocycles. The molecule has 1 amide bonds. The molecule has 1 rings (SSSR count). The summed E-state index contributed by atoms with van der Waals surface area (Å²) in [6.07, 6.45) is 0.393. The Bertz CT molecular complexity index is 440. The molecule has 0 atom stereocenters. The van der Waals surface area contributed by atoms with Gasteiger partial charge in [-0.3, -0.25) is 4.79 Å². The molecule has 1 aromatic rings. The van der Waals surface area contributed by atoms with E-state index in [0.29, 0.717) is 29.2 Å². The predicted molar refractivity (Wildman–Crippen MR) is 68.0 cm³/mol. The molecule has 0 aliphatic rings. The quantitative estimate of drug-likeness (QED) is 0.788. The normalized spacial score (nSPS) is 9.71. The maximum atomic E-state index is 11.5. The summed E-state index contributed by atoms with van der Waals surface area (Å²) in [6.45, 7) is 3.45. The van der Waals surface area contributed by atoms with Gasteiger partial charge in [-0.25, -0.2) is 0 Å². The van der Waals surface area contributed by atoms with E-state index in [2.05, 4.69) is 10.6 Å². The number of anilines is 1. The highest BCUT2D eigenvalue weighted by molar-refractivity contribution is 6.33. The van der Waals surface area contributed by atoms with E-state index in [9.17, 15) is 4.79 Å². The molecule has 0 aliphatic carbocycles. The number of rotatable bonds is 5. The number of hydrogen-bond donors (Lipinski definition) is 2. The fourth-order valence-corrected chi connectivity index (χ4v) is 1.51. The van der Waals surface area contributed by atoms with Gasteiger partial charge in [0.25, 0.3) is 0 Å². The van der Waals surface area contributed by atoms with Gasteiger partial charge in [0.05, 0.1) is 22.3 Å². The standard InChI is InChI=1S/C12H14ClN3O/c1-2-15-6-5-12(17)16-11-4-3-9(8-14)7-10(11)13/h3-4,7,15H,2,5-6H2,1H3,(H,16,17). The first kappa shape index (κ1) is 13.5. The summed E-state index contributed by atoms with van der Waals surface area (Å²) < 4.78 is 0. The molecule has 0 saturated heterocycles. The van der Waals surface area contributed by atoms with Crippen LogP contribution >= 0.6 is 11.6 Å². The summed E-state index contributed by atoms with van der Waals surface area (Å²) in [7, 11) is 0. The molecule has 0 spiro atoms. The third-order valence-electron chi connectivity index (χ3n) is 2.15. The molecule has 4 nitrogen and oxygen atoms in total. The van der Waals surface area contributed by atoms with Crippen LogP contribution in [0.25, 0.3) is 0 Å². The van der Waals surface area contributed by atoms with Gasteiger partial charge in [0.1, 0.15) is 0 Å². The molecule has 0 aliphatic heterocycles. The first-order valence-electron chi connectivity index (χ1n) is 5.37. The Kier molecular flexibility index (Phi) is 5.47. The third-order valence-corrected chi connectivity index (χ3v) is 2.46. The number of carbonyl (C=O) groups excluding carboxylic acids is 1. The van der Waals surface area contributed by atoms with Gasteiger partial charge in [-0.05, 0) is 24.7 Å².